The summed E-state index contributed by atoms with van der Waals surface area (Å²) in [6.07, 6.45) is 3.06. The zero-order valence-corrected chi connectivity index (χ0v) is 16.0. The molecule has 7 heteroatoms. The van der Waals surface area contributed by atoms with Gasteiger partial charge in [-0.15, -0.1) is 0 Å². The Morgan fingerprint density at radius 1 is 1.24 bits per heavy atom. The van der Waals surface area contributed by atoms with Gasteiger partial charge in [-0.25, -0.2) is 4.79 Å². The molecule has 3 rings (SSSR count). The van der Waals surface area contributed by atoms with Crippen LogP contribution in [0.25, 0.3) is 11.8 Å². The number of aromatic carboxylic acids is 1. The molecule has 0 aliphatic heterocycles. The lowest BCUT2D eigenvalue weighted by atomic mass is 10.1. The zero-order valence-electron chi connectivity index (χ0n) is 16.0. The van der Waals surface area contributed by atoms with Crippen LogP contribution < -0.4 is 5.32 Å². The molecule has 0 spiro atoms. The molecule has 0 saturated heterocycles. The van der Waals surface area contributed by atoms with E-state index in [1.165, 1.54) is 18.4 Å². The Morgan fingerprint density at radius 2 is 1.97 bits per heavy atom. The first-order chi connectivity index (χ1) is 13.9. The number of aryl methyl sites for hydroxylation is 1. The molecular weight excluding hydrogens is 370 g/mol. The van der Waals surface area contributed by atoms with Crippen LogP contribution in [0.5, 0.6) is 0 Å². The average Bonchev–Trinajstić information content (AvgIpc) is 3.32. The third kappa shape index (κ3) is 4.28. The van der Waals surface area contributed by atoms with Crippen molar-refractivity contribution in [2.45, 2.75) is 20.4 Å². The van der Waals surface area contributed by atoms with Crippen molar-refractivity contribution in [3.05, 3.63) is 82.6 Å². The van der Waals surface area contributed by atoms with Crippen LogP contribution in [-0.4, -0.2) is 21.6 Å². The van der Waals surface area contributed by atoms with Gasteiger partial charge < -0.3 is 19.4 Å². The van der Waals surface area contributed by atoms with E-state index in [-0.39, 0.29) is 17.7 Å². The molecule has 146 valence electrons. The largest absolute Gasteiger partial charge is 0.478 e. The van der Waals surface area contributed by atoms with Gasteiger partial charge in [-0.3, -0.25) is 4.79 Å². The highest BCUT2D eigenvalue weighted by Gasteiger charge is 2.14. The van der Waals surface area contributed by atoms with Crippen molar-refractivity contribution in [2.75, 3.05) is 0 Å². The number of rotatable bonds is 6. The molecule has 0 radical (unpaired) electrons. The highest BCUT2D eigenvalue weighted by molar-refractivity contribution is 6.01. The highest BCUT2D eigenvalue weighted by atomic mass is 16.4. The maximum absolute atomic E-state index is 12.3. The van der Waals surface area contributed by atoms with Gasteiger partial charge in [0.15, 0.2) is 0 Å². The standard InChI is InChI=1S/C22H19N3O4/c1-14-10-17(11-18(12-23)21(26)24-13-20-4-3-9-29-20)15(2)25(14)19-7-5-16(6-8-19)22(27)28/h3-11H,13H2,1-2H3,(H,24,26)(H,27,28). The van der Waals surface area contributed by atoms with Crippen molar-refractivity contribution >= 4 is 18.0 Å². The molecule has 29 heavy (non-hydrogen) atoms. The van der Waals surface area contributed by atoms with Crippen molar-refractivity contribution in [1.29, 1.82) is 5.26 Å². The van der Waals surface area contributed by atoms with Crippen LogP contribution in [-0.2, 0) is 11.3 Å². The molecule has 3 aromatic rings. The summed E-state index contributed by atoms with van der Waals surface area (Å²) in [5.74, 6) is -0.876. The fraction of sp³-hybridized carbons (Fsp3) is 0.136. The fourth-order valence-electron chi connectivity index (χ4n) is 3.06. The Hall–Kier alpha value is -4.05. The SMILES string of the molecule is Cc1cc(C=C(C#N)C(=O)NCc2ccco2)c(C)n1-c1ccc(C(=O)O)cc1. The van der Waals surface area contributed by atoms with Gasteiger partial charge in [0, 0.05) is 17.1 Å². The number of carbonyl (C=O) groups is 2. The van der Waals surface area contributed by atoms with Gasteiger partial charge in [0.25, 0.3) is 5.91 Å². The van der Waals surface area contributed by atoms with Crippen molar-refractivity contribution in [3.8, 4) is 11.8 Å². The van der Waals surface area contributed by atoms with Crippen LogP contribution in [0.3, 0.4) is 0 Å². The van der Waals surface area contributed by atoms with Gasteiger partial charge in [-0.05, 0) is 68.0 Å². The van der Waals surface area contributed by atoms with E-state index in [0.29, 0.717) is 5.76 Å². The molecule has 1 aromatic carbocycles. The number of nitriles is 1. The lowest BCUT2D eigenvalue weighted by molar-refractivity contribution is -0.117. The summed E-state index contributed by atoms with van der Waals surface area (Å²) < 4.78 is 7.11. The lowest BCUT2D eigenvalue weighted by Gasteiger charge is -2.10. The number of carboxylic acid groups (broad SMARTS) is 1. The number of furan rings is 1. The molecule has 0 saturated carbocycles. The third-order valence-corrected chi connectivity index (χ3v) is 4.51. The van der Waals surface area contributed by atoms with Gasteiger partial charge in [-0.2, -0.15) is 5.26 Å². The maximum atomic E-state index is 12.3. The van der Waals surface area contributed by atoms with E-state index in [1.807, 2.05) is 30.6 Å². The Balaban J connectivity index is 1.86. The van der Waals surface area contributed by atoms with E-state index >= 15 is 0 Å². The third-order valence-electron chi connectivity index (χ3n) is 4.51. The molecule has 0 atom stereocenters. The highest BCUT2D eigenvalue weighted by Crippen LogP contribution is 2.23. The minimum Gasteiger partial charge on any atom is -0.478 e. The average molecular weight is 389 g/mol. The summed E-state index contributed by atoms with van der Waals surface area (Å²) in [6.45, 7) is 3.97. The lowest BCUT2D eigenvalue weighted by Crippen LogP contribution is -2.23. The van der Waals surface area contributed by atoms with Crippen LogP contribution in [0, 0.1) is 25.2 Å². The van der Waals surface area contributed by atoms with E-state index in [1.54, 1.807) is 30.3 Å². The predicted octanol–water partition coefficient (Wildman–Crippen LogP) is 3.61. The normalized spacial score (nSPS) is 11.1. The van der Waals surface area contributed by atoms with E-state index in [9.17, 15) is 14.9 Å². The number of aromatic nitrogens is 1. The molecule has 0 fully saturated rings. The number of nitrogens with zero attached hydrogens (tertiary/aromatic N) is 2. The van der Waals surface area contributed by atoms with Gasteiger partial charge in [0.1, 0.15) is 17.4 Å². The summed E-state index contributed by atoms with van der Waals surface area (Å²) in [5.41, 5.74) is 3.44. The Labute approximate surface area is 167 Å². The monoisotopic (exact) mass is 389 g/mol. The van der Waals surface area contributed by atoms with E-state index in [0.717, 1.165) is 22.6 Å². The number of carboxylic acids is 1. The first-order valence-corrected chi connectivity index (χ1v) is 8.85. The van der Waals surface area contributed by atoms with E-state index < -0.39 is 11.9 Å². The Morgan fingerprint density at radius 3 is 2.55 bits per heavy atom. The second kappa shape index (κ2) is 8.31. The molecule has 0 aliphatic rings. The van der Waals surface area contributed by atoms with Crippen molar-refractivity contribution < 1.29 is 19.1 Å². The maximum Gasteiger partial charge on any atom is 0.335 e. The molecule has 2 N–H and O–H groups in total. The predicted molar refractivity (Wildman–Crippen MR) is 106 cm³/mol. The summed E-state index contributed by atoms with van der Waals surface area (Å²) >= 11 is 0. The summed E-state index contributed by atoms with van der Waals surface area (Å²) in [4.78, 5) is 23.4. The van der Waals surface area contributed by atoms with Gasteiger partial charge >= 0.3 is 5.97 Å². The van der Waals surface area contributed by atoms with Gasteiger partial charge in [-0.1, -0.05) is 0 Å². The van der Waals surface area contributed by atoms with Gasteiger partial charge in [0.05, 0.1) is 18.4 Å². The second-order valence-corrected chi connectivity index (χ2v) is 6.45. The van der Waals surface area contributed by atoms with Crippen LogP contribution in [0.4, 0.5) is 0 Å². The Kier molecular flexibility index (Phi) is 5.65. The minimum atomic E-state index is -0.986. The zero-order chi connectivity index (χ0) is 21.0. The van der Waals surface area contributed by atoms with Crippen molar-refractivity contribution in [2.24, 2.45) is 0 Å². The summed E-state index contributed by atoms with van der Waals surface area (Å²) in [5, 5.41) is 21.1. The molecule has 0 aliphatic carbocycles. The second-order valence-electron chi connectivity index (χ2n) is 6.45. The molecule has 0 unspecified atom stereocenters. The number of benzene rings is 1. The van der Waals surface area contributed by atoms with Crippen molar-refractivity contribution in [3.63, 3.8) is 0 Å². The Bertz CT molecular complexity index is 1110. The first kappa shape index (κ1) is 19.7. The number of hydrogen-bond donors (Lipinski definition) is 2. The molecular formula is C22H19N3O4. The van der Waals surface area contributed by atoms with Crippen LogP contribution >= 0.6 is 0 Å². The quantitative estimate of drug-likeness (QED) is 0.494. The molecule has 2 heterocycles. The topological polar surface area (TPSA) is 108 Å². The minimum absolute atomic E-state index is 0.0157. The molecule has 1 amide bonds. The molecule has 0 bridgehead atoms. The van der Waals surface area contributed by atoms with E-state index in [4.69, 9.17) is 9.52 Å². The smallest absolute Gasteiger partial charge is 0.335 e. The van der Waals surface area contributed by atoms with Gasteiger partial charge in [0.2, 0.25) is 0 Å². The van der Waals surface area contributed by atoms with Crippen LogP contribution in [0.15, 0.2) is 58.7 Å². The number of carbonyl (C=O) groups excluding carboxylic acids is 1. The summed E-state index contributed by atoms with van der Waals surface area (Å²) in [7, 11) is 0. The first-order valence-electron chi connectivity index (χ1n) is 8.85. The summed E-state index contributed by atoms with van der Waals surface area (Å²) in [6, 6.07) is 13.8. The number of amides is 1. The van der Waals surface area contributed by atoms with Crippen molar-refractivity contribution in [1.82, 2.24) is 9.88 Å². The molecule has 7 nitrogen and oxygen atoms in total. The number of hydrogen-bond acceptors (Lipinski definition) is 4. The van der Waals surface area contributed by atoms with Crippen LogP contribution in [0.2, 0.25) is 0 Å². The number of nitrogens with one attached hydrogen (secondary N) is 1. The van der Waals surface area contributed by atoms with E-state index in [2.05, 4.69) is 5.32 Å². The van der Waals surface area contributed by atoms with Crippen LogP contribution in [0.1, 0.15) is 33.1 Å². The molecule has 2 aromatic heterocycles. The fourth-order valence-corrected chi connectivity index (χ4v) is 3.06.